The minimum absolute atomic E-state index is 0.286. The second-order valence-corrected chi connectivity index (χ2v) is 4.56. The number of hydroxylamine groups is 1. The van der Waals surface area contributed by atoms with Crippen LogP contribution in [-0.4, -0.2) is 12.5 Å². The van der Waals surface area contributed by atoms with E-state index in [4.69, 9.17) is 16.4 Å². The minimum Gasteiger partial charge on any atom is -0.273 e. The van der Waals surface area contributed by atoms with Crippen molar-refractivity contribution in [2.45, 2.75) is 13.8 Å². The average molecular weight is 234 g/mol. The summed E-state index contributed by atoms with van der Waals surface area (Å²) >= 11 is 7.06. The van der Waals surface area contributed by atoms with E-state index in [0.29, 0.717) is 22.4 Å². The van der Waals surface area contributed by atoms with Crippen LogP contribution in [-0.2, 0) is 4.84 Å². The second kappa shape index (κ2) is 5.34. The van der Waals surface area contributed by atoms with Crippen LogP contribution >= 0.6 is 22.9 Å². The number of halogens is 1. The molecule has 0 fully saturated rings. The van der Waals surface area contributed by atoms with E-state index in [0.717, 1.165) is 0 Å². The van der Waals surface area contributed by atoms with Gasteiger partial charge < -0.3 is 0 Å². The van der Waals surface area contributed by atoms with Crippen molar-refractivity contribution < 1.29 is 9.63 Å². The van der Waals surface area contributed by atoms with Gasteiger partial charge in [-0.3, -0.25) is 9.63 Å². The van der Waals surface area contributed by atoms with Gasteiger partial charge in [-0.2, -0.15) is 0 Å². The maximum atomic E-state index is 11.4. The van der Waals surface area contributed by atoms with Crippen LogP contribution in [0, 0.1) is 5.92 Å². The van der Waals surface area contributed by atoms with Crippen molar-refractivity contribution >= 4 is 28.8 Å². The molecule has 1 rings (SSSR count). The first kappa shape index (κ1) is 11.5. The fraction of sp³-hybridized carbons (Fsp3) is 0.444. The molecular formula is C9H12ClNO2S. The summed E-state index contributed by atoms with van der Waals surface area (Å²) in [5.41, 5.74) is 2.34. The lowest BCUT2D eigenvalue weighted by Crippen LogP contribution is -2.24. The van der Waals surface area contributed by atoms with Gasteiger partial charge in [0, 0.05) is 0 Å². The van der Waals surface area contributed by atoms with Crippen molar-refractivity contribution in [1.29, 1.82) is 0 Å². The Labute approximate surface area is 92.0 Å². The van der Waals surface area contributed by atoms with Gasteiger partial charge in [-0.15, -0.1) is 11.3 Å². The summed E-state index contributed by atoms with van der Waals surface area (Å²) < 4.78 is 0. The molecule has 0 saturated carbocycles. The molecule has 0 bridgehead atoms. The normalized spacial score (nSPS) is 10.6. The predicted molar refractivity (Wildman–Crippen MR) is 57.6 cm³/mol. The Kier molecular flexibility index (Phi) is 4.38. The van der Waals surface area contributed by atoms with Crippen molar-refractivity contribution in [2.75, 3.05) is 6.61 Å². The fourth-order valence-electron chi connectivity index (χ4n) is 0.776. The van der Waals surface area contributed by atoms with Gasteiger partial charge in [0.15, 0.2) is 0 Å². The van der Waals surface area contributed by atoms with E-state index in [-0.39, 0.29) is 5.91 Å². The molecule has 1 aromatic rings. The van der Waals surface area contributed by atoms with Gasteiger partial charge in [0.25, 0.3) is 5.91 Å². The zero-order valence-corrected chi connectivity index (χ0v) is 9.61. The topological polar surface area (TPSA) is 38.3 Å². The zero-order chi connectivity index (χ0) is 10.6. The van der Waals surface area contributed by atoms with Gasteiger partial charge in [0.2, 0.25) is 0 Å². The molecule has 0 aliphatic heterocycles. The van der Waals surface area contributed by atoms with Crippen molar-refractivity contribution in [3.63, 3.8) is 0 Å². The van der Waals surface area contributed by atoms with E-state index in [1.807, 2.05) is 13.8 Å². The second-order valence-electron chi connectivity index (χ2n) is 3.23. The zero-order valence-electron chi connectivity index (χ0n) is 8.04. The first-order chi connectivity index (χ1) is 6.61. The Balaban J connectivity index is 2.40. The van der Waals surface area contributed by atoms with Crippen LogP contribution in [0.5, 0.6) is 0 Å². The van der Waals surface area contributed by atoms with Crippen LogP contribution in [0.25, 0.3) is 0 Å². The van der Waals surface area contributed by atoms with Crippen LogP contribution in [0.3, 0.4) is 0 Å². The molecule has 0 aromatic carbocycles. The molecule has 1 aromatic heterocycles. The summed E-state index contributed by atoms with van der Waals surface area (Å²) in [6.07, 6.45) is 0. The maximum Gasteiger partial charge on any atom is 0.286 e. The van der Waals surface area contributed by atoms with Crippen molar-refractivity contribution in [2.24, 2.45) is 5.92 Å². The lowest BCUT2D eigenvalue weighted by Gasteiger charge is -2.06. The summed E-state index contributed by atoms with van der Waals surface area (Å²) in [5.74, 6) is 0.0970. The highest BCUT2D eigenvalue weighted by molar-refractivity contribution is 7.12. The van der Waals surface area contributed by atoms with Crippen molar-refractivity contribution in [3.05, 3.63) is 21.3 Å². The first-order valence-corrected chi connectivity index (χ1v) is 5.52. The molecule has 1 N–H and O–H groups in total. The highest BCUT2D eigenvalue weighted by Crippen LogP contribution is 2.21. The van der Waals surface area contributed by atoms with Gasteiger partial charge in [-0.25, -0.2) is 5.48 Å². The van der Waals surface area contributed by atoms with Crippen molar-refractivity contribution in [3.8, 4) is 0 Å². The molecule has 78 valence electrons. The molecule has 0 saturated heterocycles. The Bertz CT molecular complexity index is 312. The average Bonchev–Trinajstić information content (AvgIpc) is 2.50. The molecule has 14 heavy (non-hydrogen) atoms. The molecule has 1 heterocycles. The van der Waals surface area contributed by atoms with Gasteiger partial charge in [-0.1, -0.05) is 25.4 Å². The van der Waals surface area contributed by atoms with Crippen LogP contribution in [0.4, 0.5) is 0 Å². The fourth-order valence-corrected chi connectivity index (χ4v) is 1.80. The highest BCUT2D eigenvalue weighted by atomic mass is 35.5. The van der Waals surface area contributed by atoms with E-state index in [1.54, 1.807) is 11.4 Å². The van der Waals surface area contributed by atoms with Crippen LogP contribution in [0.15, 0.2) is 11.4 Å². The van der Waals surface area contributed by atoms with Crippen LogP contribution < -0.4 is 5.48 Å². The van der Waals surface area contributed by atoms with Gasteiger partial charge in [-0.05, 0) is 17.4 Å². The number of nitrogens with one attached hydrogen (secondary N) is 1. The molecule has 0 unspecified atom stereocenters. The molecule has 3 nitrogen and oxygen atoms in total. The molecule has 5 heteroatoms. The Hall–Kier alpha value is -0.580. The van der Waals surface area contributed by atoms with Gasteiger partial charge in [0.1, 0.15) is 4.88 Å². The third-order valence-electron chi connectivity index (χ3n) is 1.40. The number of carbonyl (C=O) groups is 1. The SMILES string of the molecule is CC(C)CONC(=O)c1sccc1Cl. The van der Waals surface area contributed by atoms with E-state index in [1.165, 1.54) is 11.3 Å². The predicted octanol–water partition coefficient (Wildman–Crippen LogP) is 2.72. The lowest BCUT2D eigenvalue weighted by molar-refractivity contribution is 0.0212. The smallest absolute Gasteiger partial charge is 0.273 e. The summed E-state index contributed by atoms with van der Waals surface area (Å²) in [5, 5.41) is 2.22. The summed E-state index contributed by atoms with van der Waals surface area (Å²) in [7, 11) is 0. The third-order valence-corrected chi connectivity index (χ3v) is 2.75. The number of rotatable bonds is 4. The summed E-state index contributed by atoms with van der Waals surface area (Å²) in [6.45, 7) is 4.50. The Morgan fingerprint density at radius 2 is 2.43 bits per heavy atom. The number of hydrogen-bond acceptors (Lipinski definition) is 3. The van der Waals surface area contributed by atoms with Gasteiger partial charge in [0.05, 0.1) is 11.6 Å². The highest BCUT2D eigenvalue weighted by Gasteiger charge is 2.11. The standard InChI is InChI=1S/C9H12ClNO2S/c1-6(2)5-13-11-9(12)8-7(10)3-4-14-8/h3-4,6H,5H2,1-2H3,(H,11,12). The molecule has 1 amide bonds. The first-order valence-electron chi connectivity index (χ1n) is 4.26. The summed E-state index contributed by atoms with van der Waals surface area (Å²) in [4.78, 5) is 16.9. The van der Waals surface area contributed by atoms with Crippen LogP contribution in [0.2, 0.25) is 5.02 Å². The van der Waals surface area contributed by atoms with Crippen LogP contribution in [0.1, 0.15) is 23.5 Å². The molecule has 0 spiro atoms. The number of hydrogen-bond donors (Lipinski definition) is 1. The van der Waals surface area contributed by atoms with E-state index in [9.17, 15) is 4.79 Å². The third kappa shape index (κ3) is 3.29. The monoisotopic (exact) mass is 233 g/mol. The minimum atomic E-state index is -0.286. The van der Waals surface area contributed by atoms with Crippen molar-refractivity contribution in [1.82, 2.24) is 5.48 Å². The largest absolute Gasteiger partial charge is 0.286 e. The number of amides is 1. The molecule has 0 aliphatic carbocycles. The molecule has 0 aliphatic rings. The maximum absolute atomic E-state index is 11.4. The number of thiophene rings is 1. The van der Waals surface area contributed by atoms with Gasteiger partial charge >= 0.3 is 0 Å². The Morgan fingerprint density at radius 3 is 2.93 bits per heavy atom. The molecule has 0 radical (unpaired) electrons. The molecule has 0 atom stereocenters. The Morgan fingerprint density at radius 1 is 1.71 bits per heavy atom. The molecular weight excluding hydrogens is 222 g/mol. The quantitative estimate of drug-likeness (QED) is 0.813. The van der Waals surface area contributed by atoms with E-state index >= 15 is 0 Å². The summed E-state index contributed by atoms with van der Waals surface area (Å²) in [6, 6.07) is 1.68. The van der Waals surface area contributed by atoms with E-state index < -0.39 is 0 Å². The van der Waals surface area contributed by atoms with E-state index in [2.05, 4.69) is 5.48 Å². The number of carbonyl (C=O) groups excluding carboxylic acids is 1. The lowest BCUT2D eigenvalue weighted by atomic mass is 10.2.